The van der Waals surface area contributed by atoms with E-state index in [1.54, 1.807) is 11.1 Å². The molecule has 1 amide bonds. The number of fused-ring (bicyclic) bond motifs is 2. The van der Waals surface area contributed by atoms with Crippen LogP contribution in [0, 0.1) is 20.8 Å². The van der Waals surface area contributed by atoms with Crippen LogP contribution < -0.4 is 5.56 Å². The molecule has 4 heterocycles. The standard InChI is InChI=1S/C31H32N6O3/c1-18-12-21(14-24-17-32-36-28(18)24)15-27(29-33-19(2)13-20(3)34-29)40-31(39)37-10-8-22(9-11-37)25-16-23-6-4-5-7-26(23)35-30(25)38/h4-7,12-14,16-17,22,27H,8-11,15H2,1-3H3,(H,32,36)(H,35,38). The maximum absolute atomic E-state index is 13.4. The molecule has 0 spiro atoms. The van der Waals surface area contributed by atoms with Crippen molar-refractivity contribution < 1.29 is 9.53 Å². The Balaban J connectivity index is 1.20. The molecule has 1 fully saturated rings. The summed E-state index contributed by atoms with van der Waals surface area (Å²) in [5.74, 6) is 0.578. The normalized spacial score (nSPS) is 15.0. The molecule has 6 rings (SSSR count). The highest BCUT2D eigenvalue weighted by molar-refractivity contribution is 5.82. The van der Waals surface area contributed by atoms with Gasteiger partial charge in [-0.3, -0.25) is 9.89 Å². The Morgan fingerprint density at radius 3 is 2.55 bits per heavy atom. The summed E-state index contributed by atoms with van der Waals surface area (Å²) >= 11 is 0. The van der Waals surface area contributed by atoms with Crippen molar-refractivity contribution in [1.29, 1.82) is 0 Å². The Morgan fingerprint density at radius 2 is 1.77 bits per heavy atom. The lowest BCUT2D eigenvalue weighted by atomic mass is 9.89. The molecule has 0 saturated carbocycles. The number of hydrogen-bond donors (Lipinski definition) is 2. The van der Waals surface area contributed by atoms with Crippen LogP contribution in [-0.4, -0.2) is 49.2 Å². The molecule has 0 radical (unpaired) electrons. The molecule has 0 aliphatic carbocycles. The molecule has 1 atom stereocenters. The van der Waals surface area contributed by atoms with Crippen LogP contribution in [0.25, 0.3) is 21.8 Å². The molecule has 2 aromatic carbocycles. The Morgan fingerprint density at radius 1 is 1.02 bits per heavy atom. The van der Waals surface area contributed by atoms with Gasteiger partial charge < -0.3 is 14.6 Å². The summed E-state index contributed by atoms with van der Waals surface area (Å²) in [7, 11) is 0. The Kier molecular flexibility index (Phi) is 6.79. The number of rotatable bonds is 5. The monoisotopic (exact) mass is 536 g/mol. The van der Waals surface area contributed by atoms with E-state index in [1.807, 2.05) is 57.2 Å². The maximum atomic E-state index is 13.4. The Hall–Kier alpha value is -4.53. The van der Waals surface area contributed by atoms with Crippen molar-refractivity contribution in [3.63, 3.8) is 0 Å². The fourth-order valence-electron chi connectivity index (χ4n) is 5.76. The fourth-order valence-corrected chi connectivity index (χ4v) is 5.76. The number of carbonyl (C=O) groups is 1. The van der Waals surface area contributed by atoms with Gasteiger partial charge in [-0.15, -0.1) is 0 Å². The van der Waals surface area contributed by atoms with Gasteiger partial charge in [0.2, 0.25) is 0 Å². The number of pyridine rings is 1. The van der Waals surface area contributed by atoms with Crippen molar-refractivity contribution in [2.45, 2.75) is 52.1 Å². The van der Waals surface area contributed by atoms with E-state index in [0.29, 0.717) is 38.2 Å². The Labute approximate surface area is 231 Å². The number of carbonyl (C=O) groups excluding carboxylic acids is 1. The number of amides is 1. The molecule has 9 nitrogen and oxygen atoms in total. The molecule has 2 N–H and O–H groups in total. The summed E-state index contributed by atoms with van der Waals surface area (Å²) in [6, 6.07) is 15.8. The summed E-state index contributed by atoms with van der Waals surface area (Å²) in [5.41, 5.74) is 6.28. The number of para-hydroxylation sites is 1. The lowest BCUT2D eigenvalue weighted by molar-refractivity contribution is 0.0518. The van der Waals surface area contributed by atoms with E-state index in [4.69, 9.17) is 4.74 Å². The van der Waals surface area contributed by atoms with Crippen LogP contribution in [0.2, 0.25) is 0 Å². The highest BCUT2D eigenvalue weighted by atomic mass is 16.6. The lowest BCUT2D eigenvalue weighted by Crippen LogP contribution is -2.40. The summed E-state index contributed by atoms with van der Waals surface area (Å²) in [6.45, 7) is 6.88. The van der Waals surface area contributed by atoms with Crippen LogP contribution in [0.5, 0.6) is 0 Å². The number of nitrogens with one attached hydrogen (secondary N) is 2. The predicted octanol–water partition coefficient (Wildman–Crippen LogP) is 5.42. The van der Waals surface area contributed by atoms with Crippen LogP contribution in [0.15, 0.2) is 59.5 Å². The van der Waals surface area contributed by atoms with Crippen molar-refractivity contribution in [3.8, 4) is 0 Å². The number of aromatic nitrogens is 5. The van der Waals surface area contributed by atoms with Gasteiger partial charge in [0.05, 0.1) is 11.7 Å². The summed E-state index contributed by atoms with van der Waals surface area (Å²) in [6.07, 6.45) is 2.59. The van der Waals surface area contributed by atoms with E-state index in [2.05, 4.69) is 37.3 Å². The van der Waals surface area contributed by atoms with Crippen LogP contribution >= 0.6 is 0 Å². The third-order valence-electron chi connectivity index (χ3n) is 7.73. The molecule has 1 saturated heterocycles. The first-order valence-corrected chi connectivity index (χ1v) is 13.7. The number of aromatic amines is 2. The van der Waals surface area contributed by atoms with Crippen molar-refractivity contribution >= 4 is 27.9 Å². The molecule has 1 unspecified atom stereocenters. The smallest absolute Gasteiger partial charge is 0.410 e. The minimum atomic E-state index is -0.643. The number of nitrogens with zero attached hydrogens (tertiary/aromatic N) is 4. The molecule has 3 aromatic heterocycles. The summed E-state index contributed by atoms with van der Waals surface area (Å²) < 4.78 is 6.12. The van der Waals surface area contributed by atoms with E-state index in [-0.39, 0.29) is 17.6 Å². The molecule has 9 heteroatoms. The average Bonchev–Trinajstić information content (AvgIpc) is 3.41. The van der Waals surface area contributed by atoms with Crippen molar-refractivity contribution in [3.05, 3.63) is 99.0 Å². The second-order valence-electron chi connectivity index (χ2n) is 10.7. The largest absolute Gasteiger partial charge is 0.437 e. The van der Waals surface area contributed by atoms with E-state index in [1.165, 1.54) is 0 Å². The highest BCUT2D eigenvalue weighted by Crippen LogP contribution is 2.30. The molecule has 5 aromatic rings. The van der Waals surface area contributed by atoms with E-state index in [9.17, 15) is 9.59 Å². The number of ether oxygens (including phenoxy) is 1. The number of likely N-dealkylation sites (tertiary alicyclic amines) is 1. The molecule has 40 heavy (non-hydrogen) atoms. The van der Waals surface area contributed by atoms with Gasteiger partial charge in [0.15, 0.2) is 11.9 Å². The van der Waals surface area contributed by atoms with E-state index >= 15 is 0 Å². The van der Waals surface area contributed by atoms with Gasteiger partial charge in [0, 0.05) is 47.4 Å². The second kappa shape index (κ2) is 10.6. The quantitative estimate of drug-likeness (QED) is 0.310. The molecular weight excluding hydrogens is 504 g/mol. The van der Waals surface area contributed by atoms with Gasteiger partial charge in [0.25, 0.3) is 5.56 Å². The van der Waals surface area contributed by atoms with Gasteiger partial charge in [0.1, 0.15) is 0 Å². The first-order chi connectivity index (χ1) is 19.3. The van der Waals surface area contributed by atoms with Gasteiger partial charge in [-0.2, -0.15) is 5.10 Å². The van der Waals surface area contributed by atoms with Crippen LogP contribution in [0.4, 0.5) is 4.79 Å². The number of aryl methyl sites for hydroxylation is 3. The number of benzene rings is 2. The van der Waals surface area contributed by atoms with Gasteiger partial charge in [-0.05, 0) is 80.3 Å². The number of H-pyrrole nitrogens is 2. The third-order valence-corrected chi connectivity index (χ3v) is 7.73. The Bertz CT molecular complexity index is 1750. The van der Waals surface area contributed by atoms with Gasteiger partial charge in [-0.25, -0.2) is 14.8 Å². The first kappa shape index (κ1) is 25.7. The van der Waals surface area contributed by atoms with Crippen molar-refractivity contribution in [2.75, 3.05) is 13.1 Å². The number of piperidine rings is 1. The van der Waals surface area contributed by atoms with Crippen LogP contribution in [0.1, 0.15) is 58.8 Å². The SMILES string of the molecule is Cc1cc(C)nc(C(Cc2cc(C)c3[nH]ncc3c2)OC(=O)N2CCC(c3cc4ccccc4[nH]c3=O)CC2)n1. The molecule has 0 bridgehead atoms. The van der Waals surface area contributed by atoms with Crippen LogP contribution in [-0.2, 0) is 11.2 Å². The minimum Gasteiger partial charge on any atom is -0.437 e. The maximum Gasteiger partial charge on any atom is 0.410 e. The molecule has 204 valence electrons. The first-order valence-electron chi connectivity index (χ1n) is 13.7. The lowest BCUT2D eigenvalue weighted by Gasteiger charge is -2.32. The van der Waals surface area contributed by atoms with E-state index in [0.717, 1.165) is 49.9 Å². The average molecular weight is 537 g/mol. The predicted molar refractivity (Wildman–Crippen MR) is 153 cm³/mol. The summed E-state index contributed by atoms with van der Waals surface area (Å²) in [4.78, 5) is 40.2. The van der Waals surface area contributed by atoms with Crippen molar-refractivity contribution in [1.82, 2.24) is 30.0 Å². The van der Waals surface area contributed by atoms with Gasteiger partial charge >= 0.3 is 6.09 Å². The third kappa shape index (κ3) is 5.19. The number of hydrogen-bond acceptors (Lipinski definition) is 6. The zero-order valence-corrected chi connectivity index (χ0v) is 22.9. The zero-order chi connectivity index (χ0) is 27.8. The van der Waals surface area contributed by atoms with E-state index < -0.39 is 6.10 Å². The molecular formula is C31H32N6O3. The topological polar surface area (TPSA) is 117 Å². The fraction of sp³-hybridized carbons (Fsp3) is 0.323. The minimum absolute atomic E-state index is 0.0587. The molecule has 1 aliphatic heterocycles. The summed E-state index contributed by atoms with van der Waals surface area (Å²) in [5, 5.41) is 9.21. The molecule has 1 aliphatic rings. The van der Waals surface area contributed by atoms with Gasteiger partial charge in [-0.1, -0.05) is 24.3 Å². The highest BCUT2D eigenvalue weighted by Gasteiger charge is 2.29. The van der Waals surface area contributed by atoms with Crippen molar-refractivity contribution in [2.24, 2.45) is 0 Å². The zero-order valence-electron chi connectivity index (χ0n) is 22.9. The van der Waals surface area contributed by atoms with Crippen LogP contribution in [0.3, 0.4) is 0 Å². The second-order valence-corrected chi connectivity index (χ2v) is 10.7.